The first-order chi connectivity index (χ1) is 9.43. The molecule has 1 aromatic carbocycles. The number of hydrogen-bond acceptors (Lipinski definition) is 3. The van der Waals surface area contributed by atoms with Crippen molar-refractivity contribution in [3.63, 3.8) is 0 Å². The summed E-state index contributed by atoms with van der Waals surface area (Å²) < 4.78 is 1.57. The summed E-state index contributed by atoms with van der Waals surface area (Å²) in [5.41, 5.74) is 0.0539. The molecule has 0 spiro atoms. The second-order valence-corrected chi connectivity index (χ2v) is 6.20. The van der Waals surface area contributed by atoms with Crippen LogP contribution in [0.2, 0.25) is 0 Å². The van der Waals surface area contributed by atoms with Crippen LogP contribution in [0.5, 0.6) is 0 Å². The van der Waals surface area contributed by atoms with Crippen molar-refractivity contribution in [3.05, 3.63) is 40.8 Å². The van der Waals surface area contributed by atoms with Crippen LogP contribution in [0.4, 0.5) is 0 Å². The summed E-state index contributed by atoms with van der Waals surface area (Å²) in [6.45, 7) is 10.1. The molecule has 108 valence electrons. The van der Waals surface area contributed by atoms with Crippen LogP contribution in [-0.4, -0.2) is 22.4 Å². The average molecular weight is 273 g/mol. The number of hydrogen-bond donors (Lipinski definition) is 1. The molecular weight excluding hydrogens is 250 g/mol. The van der Waals surface area contributed by atoms with Gasteiger partial charge in [0.1, 0.15) is 0 Å². The SMILES string of the molecule is CCNC(Cn1ncc2ccccc2c1=O)C(C)(C)C. The van der Waals surface area contributed by atoms with Crippen molar-refractivity contribution >= 4 is 10.8 Å². The highest BCUT2D eigenvalue weighted by atomic mass is 16.1. The lowest BCUT2D eigenvalue weighted by atomic mass is 9.86. The number of aromatic nitrogens is 2. The molecule has 0 aliphatic rings. The van der Waals surface area contributed by atoms with Gasteiger partial charge >= 0.3 is 0 Å². The smallest absolute Gasteiger partial charge is 0.274 e. The van der Waals surface area contributed by atoms with Gasteiger partial charge in [0, 0.05) is 11.4 Å². The number of benzene rings is 1. The van der Waals surface area contributed by atoms with Gasteiger partial charge in [0.05, 0.1) is 18.1 Å². The van der Waals surface area contributed by atoms with Gasteiger partial charge in [-0.25, -0.2) is 4.68 Å². The third kappa shape index (κ3) is 3.07. The molecule has 0 aliphatic carbocycles. The minimum atomic E-state index is -0.0183. The second kappa shape index (κ2) is 5.75. The molecule has 2 aromatic rings. The van der Waals surface area contributed by atoms with Crippen LogP contribution in [0, 0.1) is 5.41 Å². The van der Waals surface area contributed by atoms with E-state index in [1.807, 2.05) is 24.3 Å². The summed E-state index contributed by atoms with van der Waals surface area (Å²) in [7, 11) is 0. The van der Waals surface area contributed by atoms with E-state index in [0.29, 0.717) is 6.54 Å². The van der Waals surface area contributed by atoms with E-state index in [-0.39, 0.29) is 17.0 Å². The summed E-state index contributed by atoms with van der Waals surface area (Å²) in [5.74, 6) is 0. The molecule has 4 heteroatoms. The van der Waals surface area contributed by atoms with Crippen LogP contribution < -0.4 is 10.9 Å². The molecule has 1 N–H and O–H groups in total. The van der Waals surface area contributed by atoms with E-state index in [1.165, 1.54) is 0 Å². The molecule has 2 rings (SSSR count). The van der Waals surface area contributed by atoms with Gasteiger partial charge in [0.2, 0.25) is 0 Å². The van der Waals surface area contributed by atoms with E-state index in [9.17, 15) is 4.79 Å². The Morgan fingerprint density at radius 3 is 2.65 bits per heavy atom. The fourth-order valence-corrected chi connectivity index (χ4v) is 2.32. The fourth-order valence-electron chi connectivity index (χ4n) is 2.32. The molecule has 1 unspecified atom stereocenters. The Hall–Kier alpha value is -1.68. The van der Waals surface area contributed by atoms with Gasteiger partial charge in [-0.05, 0) is 18.0 Å². The number of fused-ring (bicyclic) bond motifs is 1. The molecular formula is C16H23N3O. The lowest BCUT2D eigenvalue weighted by Crippen LogP contribution is -2.45. The fraction of sp³-hybridized carbons (Fsp3) is 0.500. The zero-order valence-electron chi connectivity index (χ0n) is 12.7. The molecule has 1 atom stereocenters. The normalized spacial score (nSPS) is 13.6. The second-order valence-electron chi connectivity index (χ2n) is 6.20. The first-order valence-electron chi connectivity index (χ1n) is 7.11. The Balaban J connectivity index is 2.38. The van der Waals surface area contributed by atoms with E-state index in [1.54, 1.807) is 10.9 Å². The van der Waals surface area contributed by atoms with Crippen molar-refractivity contribution < 1.29 is 0 Å². The first-order valence-corrected chi connectivity index (χ1v) is 7.11. The molecule has 0 radical (unpaired) electrons. The Morgan fingerprint density at radius 1 is 1.30 bits per heavy atom. The van der Waals surface area contributed by atoms with Crippen LogP contribution in [0.3, 0.4) is 0 Å². The van der Waals surface area contributed by atoms with Crippen molar-refractivity contribution in [2.75, 3.05) is 6.54 Å². The summed E-state index contributed by atoms with van der Waals surface area (Å²) in [5, 5.41) is 9.37. The standard InChI is InChI=1S/C16H23N3O/c1-5-17-14(16(2,3)4)11-19-15(20)13-9-7-6-8-12(13)10-18-19/h6-10,14,17H,5,11H2,1-4H3. The zero-order valence-corrected chi connectivity index (χ0v) is 12.7. The Morgan fingerprint density at radius 2 is 2.00 bits per heavy atom. The lowest BCUT2D eigenvalue weighted by Gasteiger charge is -2.31. The number of nitrogens with one attached hydrogen (secondary N) is 1. The van der Waals surface area contributed by atoms with E-state index >= 15 is 0 Å². The molecule has 1 heterocycles. The molecule has 1 aromatic heterocycles. The minimum Gasteiger partial charge on any atom is -0.312 e. The van der Waals surface area contributed by atoms with Crippen LogP contribution in [0.15, 0.2) is 35.3 Å². The zero-order chi connectivity index (χ0) is 14.8. The predicted octanol–water partition coefficient (Wildman–Crippen LogP) is 2.42. The van der Waals surface area contributed by atoms with E-state index < -0.39 is 0 Å². The van der Waals surface area contributed by atoms with Gasteiger partial charge in [-0.1, -0.05) is 45.9 Å². The van der Waals surface area contributed by atoms with Crippen molar-refractivity contribution in [1.29, 1.82) is 0 Å². The Bertz CT molecular complexity index is 640. The number of rotatable bonds is 4. The van der Waals surface area contributed by atoms with Gasteiger partial charge in [-0.15, -0.1) is 0 Å². The largest absolute Gasteiger partial charge is 0.312 e. The van der Waals surface area contributed by atoms with Gasteiger partial charge in [-0.3, -0.25) is 4.79 Å². The Kier molecular flexibility index (Phi) is 4.23. The lowest BCUT2D eigenvalue weighted by molar-refractivity contribution is 0.236. The van der Waals surface area contributed by atoms with Crippen molar-refractivity contribution in [2.45, 2.75) is 40.3 Å². The molecule has 0 fully saturated rings. The van der Waals surface area contributed by atoms with Crippen LogP contribution >= 0.6 is 0 Å². The highest BCUT2D eigenvalue weighted by molar-refractivity contribution is 5.80. The third-order valence-electron chi connectivity index (χ3n) is 3.61. The monoisotopic (exact) mass is 273 g/mol. The maximum Gasteiger partial charge on any atom is 0.274 e. The summed E-state index contributed by atoms with van der Waals surface area (Å²) in [4.78, 5) is 12.5. The first kappa shape index (κ1) is 14.7. The van der Waals surface area contributed by atoms with Crippen molar-refractivity contribution in [1.82, 2.24) is 15.1 Å². The molecule has 4 nitrogen and oxygen atoms in total. The molecule has 0 aliphatic heterocycles. The number of likely N-dealkylation sites (N-methyl/N-ethyl adjacent to an activating group) is 1. The van der Waals surface area contributed by atoms with Crippen LogP contribution in [0.25, 0.3) is 10.8 Å². The van der Waals surface area contributed by atoms with Crippen LogP contribution in [0.1, 0.15) is 27.7 Å². The van der Waals surface area contributed by atoms with E-state index in [2.05, 4.69) is 38.1 Å². The highest BCUT2D eigenvalue weighted by Gasteiger charge is 2.24. The average Bonchev–Trinajstić information content (AvgIpc) is 2.40. The van der Waals surface area contributed by atoms with Crippen LogP contribution in [-0.2, 0) is 6.54 Å². The molecule has 0 saturated heterocycles. The molecule has 0 amide bonds. The summed E-state index contributed by atoms with van der Waals surface area (Å²) in [6.07, 6.45) is 1.77. The third-order valence-corrected chi connectivity index (χ3v) is 3.61. The maximum absolute atomic E-state index is 12.5. The maximum atomic E-state index is 12.5. The summed E-state index contributed by atoms with van der Waals surface area (Å²) >= 11 is 0. The topological polar surface area (TPSA) is 46.9 Å². The van der Waals surface area contributed by atoms with Gasteiger partial charge in [0.25, 0.3) is 5.56 Å². The van der Waals surface area contributed by atoms with E-state index in [0.717, 1.165) is 17.3 Å². The predicted molar refractivity (Wildman–Crippen MR) is 82.9 cm³/mol. The number of nitrogens with zero attached hydrogens (tertiary/aromatic N) is 2. The van der Waals surface area contributed by atoms with Gasteiger partial charge in [-0.2, -0.15) is 5.10 Å². The quantitative estimate of drug-likeness (QED) is 0.930. The summed E-state index contributed by atoms with van der Waals surface area (Å²) in [6, 6.07) is 7.79. The van der Waals surface area contributed by atoms with Gasteiger partial charge < -0.3 is 5.32 Å². The molecule has 0 saturated carbocycles. The highest BCUT2D eigenvalue weighted by Crippen LogP contribution is 2.20. The molecule has 0 bridgehead atoms. The molecule has 20 heavy (non-hydrogen) atoms. The Labute approximate surface area is 119 Å². The van der Waals surface area contributed by atoms with Crippen molar-refractivity contribution in [3.8, 4) is 0 Å². The van der Waals surface area contributed by atoms with Crippen molar-refractivity contribution in [2.24, 2.45) is 5.41 Å². The van der Waals surface area contributed by atoms with Gasteiger partial charge in [0.15, 0.2) is 0 Å². The minimum absolute atomic E-state index is 0.0183. The van der Waals surface area contributed by atoms with E-state index in [4.69, 9.17) is 0 Å².